The fourth-order valence-electron chi connectivity index (χ4n) is 2.16. The molecule has 0 amide bonds. The summed E-state index contributed by atoms with van der Waals surface area (Å²) in [6.07, 6.45) is 8.69. The van der Waals surface area contributed by atoms with Gasteiger partial charge in [0.25, 0.3) is 0 Å². The number of nitrogens with zero attached hydrogens (tertiary/aromatic N) is 1. The largest absolute Gasteiger partial charge is 0.367 e. The molecule has 0 bridgehead atoms. The molecule has 0 unspecified atom stereocenters. The number of nitrogens with one attached hydrogen (secondary N) is 1. The van der Waals surface area contributed by atoms with E-state index in [0.717, 1.165) is 5.82 Å². The molecule has 1 aromatic heterocycles. The predicted octanol–water partition coefficient (Wildman–Crippen LogP) is 3.44. The zero-order valence-corrected chi connectivity index (χ0v) is 9.71. The molecule has 1 aromatic rings. The van der Waals surface area contributed by atoms with E-state index in [-0.39, 0.29) is 0 Å². The summed E-state index contributed by atoms with van der Waals surface area (Å²) in [5.74, 6) is 1.05. The Labute approximate surface area is 92.1 Å². The third-order valence-electron chi connectivity index (χ3n) is 3.33. The molecule has 1 N–H and O–H groups in total. The summed E-state index contributed by atoms with van der Waals surface area (Å²) in [5.41, 5.74) is 2.59. The number of hydrogen-bond donors (Lipinski definition) is 1. The second-order valence-corrected chi connectivity index (χ2v) is 4.63. The zero-order chi connectivity index (χ0) is 10.7. The van der Waals surface area contributed by atoms with Gasteiger partial charge in [0, 0.05) is 12.2 Å². The summed E-state index contributed by atoms with van der Waals surface area (Å²) in [4.78, 5) is 4.42. The third-order valence-corrected chi connectivity index (χ3v) is 3.33. The molecule has 1 heterocycles. The van der Waals surface area contributed by atoms with Gasteiger partial charge >= 0.3 is 0 Å². The van der Waals surface area contributed by atoms with E-state index in [2.05, 4.69) is 30.2 Å². The van der Waals surface area contributed by atoms with Crippen LogP contribution in [0.5, 0.6) is 0 Å². The first-order chi connectivity index (χ1) is 7.25. The SMILES string of the molecule is Cc1cnc(NC2CCCCC2)cc1C. The Morgan fingerprint density at radius 1 is 1.13 bits per heavy atom. The lowest BCUT2D eigenvalue weighted by Gasteiger charge is -2.23. The van der Waals surface area contributed by atoms with Crippen molar-refractivity contribution in [2.24, 2.45) is 0 Å². The van der Waals surface area contributed by atoms with Gasteiger partial charge in [0.1, 0.15) is 5.82 Å². The van der Waals surface area contributed by atoms with E-state index in [1.165, 1.54) is 43.2 Å². The van der Waals surface area contributed by atoms with Crippen molar-refractivity contribution in [3.8, 4) is 0 Å². The third kappa shape index (κ3) is 2.71. The highest BCUT2D eigenvalue weighted by molar-refractivity contribution is 5.40. The average molecular weight is 204 g/mol. The summed E-state index contributed by atoms with van der Waals surface area (Å²) in [6, 6.07) is 2.80. The Balaban J connectivity index is 2.00. The first kappa shape index (κ1) is 10.5. The number of aryl methyl sites for hydroxylation is 2. The van der Waals surface area contributed by atoms with Crippen LogP contribution in [0.3, 0.4) is 0 Å². The van der Waals surface area contributed by atoms with Crippen LogP contribution in [0, 0.1) is 13.8 Å². The Hall–Kier alpha value is -1.05. The fourth-order valence-corrected chi connectivity index (χ4v) is 2.16. The molecule has 0 spiro atoms. The van der Waals surface area contributed by atoms with Crippen molar-refractivity contribution >= 4 is 5.82 Å². The number of pyridine rings is 1. The van der Waals surface area contributed by atoms with E-state index in [9.17, 15) is 0 Å². The lowest BCUT2D eigenvalue weighted by Crippen LogP contribution is -2.22. The Morgan fingerprint density at radius 2 is 1.87 bits per heavy atom. The predicted molar refractivity (Wildman–Crippen MR) is 64.2 cm³/mol. The maximum atomic E-state index is 4.42. The number of rotatable bonds is 2. The van der Waals surface area contributed by atoms with Crippen molar-refractivity contribution in [2.45, 2.75) is 52.0 Å². The lowest BCUT2D eigenvalue weighted by molar-refractivity contribution is 0.462. The van der Waals surface area contributed by atoms with Crippen LogP contribution < -0.4 is 5.32 Å². The number of aromatic nitrogens is 1. The second-order valence-electron chi connectivity index (χ2n) is 4.63. The molecule has 2 rings (SSSR count). The standard InChI is InChI=1S/C13H20N2/c1-10-8-13(14-9-11(10)2)15-12-6-4-3-5-7-12/h8-9,12H,3-7H2,1-2H3,(H,14,15). The van der Waals surface area contributed by atoms with Crippen LogP contribution in [-0.2, 0) is 0 Å². The highest BCUT2D eigenvalue weighted by Gasteiger charge is 2.13. The minimum Gasteiger partial charge on any atom is -0.367 e. The molecule has 1 saturated carbocycles. The molecule has 0 aliphatic heterocycles. The Morgan fingerprint density at radius 3 is 2.53 bits per heavy atom. The van der Waals surface area contributed by atoms with Crippen LogP contribution >= 0.6 is 0 Å². The fraction of sp³-hybridized carbons (Fsp3) is 0.615. The molecule has 82 valence electrons. The molecule has 2 nitrogen and oxygen atoms in total. The maximum Gasteiger partial charge on any atom is 0.126 e. The minimum atomic E-state index is 0.647. The van der Waals surface area contributed by atoms with Crippen molar-refractivity contribution in [3.63, 3.8) is 0 Å². The van der Waals surface area contributed by atoms with Crippen molar-refractivity contribution < 1.29 is 0 Å². The van der Waals surface area contributed by atoms with Crippen LogP contribution in [-0.4, -0.2) is 11.0 Å². The molecule has 0 saturated heterocycles. The van der Waals surface area contributed by atoms with Crippen LogP contribution in [0.15, 0.2) is 12.3 Å². The molecule has 2 heteroatoms. The summed E-state index contributed by atoms with van der Waals surface area (Å²) >= 11 is 0. The van der Waals surface area contributed by atoms with Gasteiger partial charge in [-0.3, -0.25) is 0 Å². The van der Waals surface area contributed by atoms with Crippen LogP contribution in [0.2, 0.25) is 0 Å². The quantitative estimate of drug-likeness (QED) is 0.798. The summed E-state index contributed by atoms with van der Waals surface area (Å²) in [7, 11) is 0. The van der Waals surface area contributed by atoms with Gasteiger partial charge in [0.2, 0.25) is 0 Å². The Bertz CT molecular complexity index is 327. The first-order valence-corrected chi connectivity index (χ1v) is 5.95. The van der Waals surface area contributed by atoms with Crippen molar-refractivity contribution in [3.05, 3.63) is 23.4 Å². The lowest BCUT2D eigenvalue weighted by atomic mass is 9.95. The van der Waals surface area contributed by atoms with E-state index in [0.29, 0.717) is 6.04 Å². The smallest absolute Gasteiger partial charge is 0.126 e. The molecule has 1 fully saturated rings. The van der Waals surface area contributed by atoms with E-state index >= 15 is 0 Å². The van der Waals surface area contributed by atoms with E-state index in [1.807, 2.05) is 6.20 Å². The highest BCUT2D eigenvalue weighted by Crippen LogP contribution is 2.21. The Kier molecular flexibility index (Phi) is 3.24. The molecule has 15 heavy (non-hydrogen) atoms. The van der Waals surface area contributed by atoms with Gasteiger partial charge in [-0.1, -0.05) is 19.3 Å². The van der Waals surface area contributed by atoms with Crippen molar-refractivity contribution in [1.29, 1.82) is 0 Å². The van der Waals surface area contributed by atoms with Gasteiger partial charge in [-0.15, -0.1) is 0 Å². The number of hydrogen-bond acceptors (Lipinski definition) is 2. The van der Waals surface area contributed by atoms with Crippen molar-refractivity contribution in [1.82, 2.24) is 4.98 Å². The first-order valence-electron chi connectivity index (χ1n) is 5.95. The minimum absolute atomic E-state index is 0.647. The van der Waals surface area contributed by atoms with Gasteiger partial charge < -0.3 is 5.32 Å². The van der Waals surface area contributed by atoms with E-state index < -0.39 is 0 Å². The number of anilines is 1. The van der Waals surface area contributed by atoms with Crippen LogP contribution in [0.25, 0.3) is 0 Å². The molecule has 1 aliphatic carbocycles. The summed E-state index contributed by atoms with van der Waals surface area (Å²) in [5, 5.41) is 3.54. The highest BCUT2D eigenvalue weighted by atomic mass is 15.0. The van der Waals surface area contributed by atoms with Gasteiger partial charge in [-0.25, -0.2) is 4.98 Å². The molecule has 1 aliphatic rings. The zero-order valence-electron chi connectivity index (χ0n) is 9.71. The van der Waals surface area contributed by atoms with Gasteiger partial charge in [-0.2, -0.15) is 0 Å². The maximum absolute atomic E-state index is 4.42. The van der Waals surface area contributed by atoms with E-state index in [1.54, 1.807) is 0 Å². The summed E-state index contributed by atoms with van der Waals surface area (Å²) in [6.45, 7) is 4.25. The van der Waals surface area contributed by atoms with Crippen molar-refractivity contribution in [2.75, 3.05) is 5.32 Å². The average Bonchev–Trinajstić information content (AvgIpc) is 2.25. The van der Waals surface area contributed by atoms with Gasteiger partial charge in [-0.05, 0) is 43.9 Å². The molecular weight excluding hydrogens is 184 g/mol. The monoisotopic (exact) mass is 204 g/mol. The molecule has 0 radical (unpaired) electrons. The molecular formula is C13H20N2. The van der Waals surface area contributed by atoms with E-state index in [4.69, 9.17) is 0 Å². The normalized spacial score (nSPS) is 17.7. The molecule has 0 atom stereocenters. The van der Waals surface area contributed by atoms with Gasteiger partial charge in [0.15, 0.2) is 0 Å². The van der Waals surface area contributed by atoms with Crippen LogP contribution in [0.1, 0.15) is 43.2 Å². The van der Waals surface area contributed by atoms with Gasteiger partial charge in [0.05, 0.1) is 0 Å². The summed E-state index contributed by atoms with van der Waals surface area (Å²) < 4.78 is 0. The second kappa shape index (κ2) is 4.65. The van der Waals surface area contributed by atoms with Crippen LogP contribution in [0.4, 0.5) is 5.82 Å². The topological polar surface area (TPSA) is 24.9 Å². The molecule has 0 aromatic carbocycles.